The molecule has 1 N–H and O–H groups in total. The SMILES string of the molecule is CC(C)CCCCN1CCC(CNC(C)(C)C)C1. The summed E-state index contributed by atoms with van der Waals surface area (Å²) in [6.45, 7) is 16.5. The third-order valence-corrected chi connectivity index (χ3v) is 3.80. The summed E-state index contributed by atoms with van der Waals surface area (Å²) in [4.78, 5) is 2.66. The quantitative estimate of drug-likeness (QED) is 0.699. The molecule has 0 aromatic carbocycles. The number of likely N-dealkylation sites (tertiary alicyclic amines) is 1. The van der Waals surface area contributed by atoms with Crippen molar-refractivity contribution in [2.45, 2.75) is 65.8 Å². The minimum atomic E-state index is 0.269. The maximum absolute atomic E-state index is 3.64. The van der Waals surface area contributed by atoms with Crippen molar-refractivity contribution in [1.29, 1.82) is 0 Å². The molecule has 1 heterocycles. The third-order valence-electron chi connectivity index (χ3n) is 3.80. The van der Waals surface area contributed by atoms with Crippen molar-refractivity contribution in [3.8, 4) is 0 Å². The molecule has 1 aliphatic rings. The van der Waals surface area contributed by atoms with Gasteiger partial charge in [0, 0.05) is 12.1 Å². The molecule has 0 aromatic rings. The number of rotatable bonds is 7. The van der Waals surface area contributed by atoms with Crippen LogP contribution in [0.5, 0.6) is 0 Å². The van der Waals surface area contributed by atoms with Gasteiger partial charge in [0.25, 0.3) is 0 Å². The summed E-state index contributed by atoms with van der Waals surface area (Å²) >= 11 is 0. The molecule has 0 bridgehead atoms. The van der Waals surface area contributed by atoms with Gasteiger partial charge in [-0.3, -0.25) is 0 Å². The van der Waals surface area contributed by atoms with Gasteiger partial charge in [0.05, 0.1) is 0 Å². The van der Waals surface area contributed by atoms with E-state index in [0.717, 1.165) is 11.8 Å². The molecule has 1 saturated heterocycles. The number of hydrogen-bond donors (Lipinski definition) is 1. The minimum absolute atomic E-state index is 0.269. The predicted octanol–water partition coefficient (Wildman–Crippen LogP) is 3.52. The zero-order valence-electron chi connectivity index (χ0n) is 13.3. The molecule has 0 radical (unpaired) electrons. The Balaban J connectivity index is 2.06. The van der Waals surface area contributed by atoms with Gasteiger partial charge >= 0.3 is 0 Å². The highest BCUT2D eigenvalue weighted by atomic mass is 15.1. The first-order chi connectivity index (χ1) is 8.37. The van der Waals surface area contributed by atoms with Crippen LogP contribution in [-0.2, 0) is 0 Å². The van der Waals surface area contributed by atoms with Crippen LogP contribution >= 0.6 is 0 Å². The van der Waals surface area contributed by atoms with Gasteiger partial charge in [0.2, 0.25) is 0 Å². The lowest BCUT2D eigenvalue weighted by molar-refractivity contribution is 0.302. The van der Waals surface area contributed by atoms with Gasteiger partial charge in [0.1, 0.15) is 0 Å². The average Bonchev–Trinajstić information content (AvgIpc) is 2.68. The Labute approximate surface area is 115 Å². The maximum atomic E-state index is 3.64. The van der Waals surface area contributed by atoms with Crippen LogP contribution in [0.25, 0.3) is 0 Å². The molecule has 2 heteroatoms. The van der Waals surface area contributed by atoms with Crippen LogP contribution in [0, 0.1) is 11.8 Å². The first-order valence-electron chi connectivity index (χ1n) is 7.84. The molecule has 0 spiro atoms. The molecule has 0 amide bonds. The number of nitrogens with one attached hydrogen (secondary N) is 1. The summed E-state index contributed by atoms with van der Waals surface area (Å²) in [7, 11) is 0. The largest absolute Gasteiger partial charge is 0.312 e. The van der Waals surface area contributed by atoms with E-state index in [4.69, 9.17) is 0 Å². The Bertz CT molecular complexity index is 218. The molecule has 0 saturated carbocycles. The molecule has 1 fully saturated rings. The van der Waals surface area contributed by atoms with E-state index < -0.39 is 0 Å². The van der Waals surface area contributed by atoms with Gasteiger partial charge < -0.3 is 10.2 Å². The second kappa shape index (κ2) is 7.49. The molecule has 0 aliphatic carbocycles. The van der Waals surface area contributed by atoms with E-state index in [2.05, 4.69) is 44.8 Å². The fourth-order valence-electron chi connectivity index (χ4n) is 2.62. The summed E-state index contributed by atoms with van der Waals surface area (Å²) in [5, 5.41) is 3.64. The molecule has 1 unspecified atom stereocenters. The Hall–Kier alpha value is -0.0800. The van der Waals surface area contributed by atoms with E-state index >= 15 is 0 Å². The highest BCUT2D eigenvalue weighted by Gasteiger charge is 2.23. The third kappa shape index (κ3) is 7.38. The second-order valence-corrected chi connectivity index (χ2v) is 7.48. The van der Waals surface area contributed by atoms with E-state index in [0.29, 0.717) is 0 Å². The molecule has 1 rings (SSSR count). The Morgan fingerprint density at radius 1 is 1.22 bits per heavy atom. The van der Waals surface area contributed by atoms with Gasteiger partial charge in [-0.1, -0.05) is 26.7 Å². The Morgan fingerprint density at radius 2 is 1.94 bits per heavy atom. The van der Waals surface area contributed by atoms with E-state index in [1.54, 1.807) is 0 Å². The highest BCUT2D eigenvalue weighted by molar-refractivity contribution is 4.80. The van der Waals surface area contributed by atoms with Crippen molar-refractivity contribution in [3.63, 3.8) is 0 Å². The molecule has 18 heavy (non-hydrogen) atoms. The summed E-state index contributed by atoms with van der Waals surface area (Å²) in [6.07, 6.45) is 5.56. The number of unbranched alkanes of at least 4 members (excludes halogenated alkanes) is 1. The molecule has 0 aromatic heterocycles. The van der Waals surface area contributed by atoms with Crippen molar-refractivity contribution in [3.05, 3.63) is 0 Å². The Morgan fingerprint density at radius 3 is 2.56 bits per heavy atom. The van der Waals surface area contributed by atoms with Gasteiger partial charge in [-0.2, -0.15) is 0 Å². The molecule has 2 nitrogen and oxygen atoms in total. The predicted molar refractivity (Wildman–Crippen MR) is 81.0 cm³/mol. The van der Waals surface area contributed by atoms with Gasteiger partial charge in [-0.25, -0.2) is 0 Å². The van der Waals surface area contributed by atoms with Gasteiger partial charge in [-0.15, -0.1) is 0 Å². The van der Waals surface area contributed by atoms with E-state index in [-0.39, 0.29) is 5.54 Å². The highest BCUT2D eigenvalue weighted by Crippen LogP contribution is 2.17. The van der Waals surface area contributed by atoms with Crippen molar-refractivity contribution in [2.24, 2.45) is 11.8 Å². The van der Waals surface area contributed by atoms with E-state index in [9.17, 15) is 0 Å². The van der Waals surface area contributed by atoms with Crippen LogP contribution in [0.1, 0.15) is 60.3 Å². The van der Waals surface area contributed by atoms with Crippen molar-refractivity contribution in [1.82, 2.24) is 10.2 Å². The van der Waals surface area contributed by atoms with Crippen molar-refractivity contribution < 1.29 is 0 Å². The summed E-state index contributed by atoms with van der Waals surface area (Å²) in [6, 6.07) is 0. The van der Waals surface area contributed by atoms with Gasteiger partial charge in [-0.05, 0) is 65.1 Å². The lowest BCUT2D eigenvalue weighted by Gasteiger charge is -2.23. The second-order valence-electron chi connectivity index (χ2n) is 7.48. The monoisotopic (exact) mass is 254 g/mol. The van der Waals surface area contributed by atoms with Crippen LogP contribution in [0.15, 0.2) is 0 Å². The lowest BCUT2D eigenvalue weighted by Crippen LogP contribution is -2.39. The molecular weight excluding hydrogens is 220 g/mol. The average molecular weight is 254 g/mol. The maximum Gasteiger partial charge on any atom is 0.00966 e. The van der Waals surface area contributed by atoms with Crippen LogP contribution in [0.4, 0.5) is 0 Å². The minimum Gasteiger partial charge on any atom is -0.312 e. The van der Waals surface area contributed by atoms with Crippen molar-refractivity contribution in [2.75, 3.05) is 26.2 Å². The van der Waals surface area contributed by atoms with Crippen LogP contribution in [0.3, 0.4) is 0 Å². The van der Waals surface area contributed by atoms with Crippen LogP contribution in [-0.4, -0.2) is 36.6 Å². The molecular formula is C16H34N2. The molecule has 1 aliphatic heterocycles. The van der Waals surface area contributed by atoms with Gasteiger partial charge in [0.15, 0.2) is 0 Å². The topological polar surface area (TPSA) is 15.3 Å². The first-order valence-corrected chi connectivity index (χ1v) is 7.84. The van der Waals surface area contributed by atoms with Crippen molar-refractivity contribution >= 4 is 0 Å². The fraction of sp³-hybridized carbons (Fsp3) is 1.00. The molecule has 108 valence electrons. The lowest BCUT2D eigenvalue weighted by atomic mass is 10.1. The Kier molecular flexibility index (Phi) is 6.65. The van der Waals surface area contributed by atoms with Crippen LogP contribution in [0.2, 0.25) is 0 Å². The zero-order chi connectivity index (χ0) is 13.6. The van der Waals surface area contributed by atoms with E-state index in [1.807, 2.05) is 0 Å². The normalized spacial score (nSPS) is 22.0. The first kappa shape index (κ1) is 16.0. The molecule has 1 atom stereocenters. The van der Waals surface area contributed by atoms with Crippen LogP contribution < -0.4 is 5.32 Å². The number of hydrogen-bond acceptors (Lipinski definition) is 2. The zero-order valence-corrected chi connectivity index (χ0v) is 13.3. The summed E-state index contributed by atoms with van der Waals surface area (Å²) in [5.41, 5.74) is 0.269. The summed E-state index contributed by atoms with van der Waals surface area (Å²) in [5.74, 6) is 1.74. The standard InChI is InChI=1S/C16H34N2/c1-14(2)8-6-7-10-18-11-9-15(13-18)12-17-16(3,4)5/h14-15,17H,6-13H2,1-5H3. The smallest absolute Gasteiger partial charge is 0.00966 e. The summed E-state index contributed by atoms with van der Waals surface area (Å²) < 4.78 is 0. The van der Waals surface area contributed by atoms with E-state index in [1.165, 1.54) is 51.9 Å². The fourth-order valence-corrected chi connectivity index (χ4v) is 2.62. The number of nitrogens with zero attached hydrogens (tertiary/aromatic N) is 1.